The number of carbonyl (C=O) groups excluding carboxylic acids is 2. The smallest absolute Gasteiger partial charge is 0.267 e. The lowest BCUT2D eigenvalue weighted by Gasteiger charge is -2.18. The van der Waals surface area contributed by atoms with E-state index in [0.717, 1.165) is 17.7 Å². The molecule has 2 heterocycles. The van der Waals surface area contributed by atoms with Gasteiger partial charge in [0.25, 0.3) is 11.8 Å². The molecule has 0 aromatic heterocycles. The first kappa shape index (κ1) is 16.2. The van der Waals surface area contributed by atoms with Crippen molar-refractivity contribution in [2.75, 3.05) is 11.4 Å². The van der Waals surface area contributed by atoms with Gasteiger partial charge >= 0.3 is 0 Å². The van der Waals surface area contributed by atoms with Crippen LogP contribution in [-0.2, 0) is 9.59 Å². The zero-order valence-electron chi connectivity index (χ0n) is 13.3. The Labute approximate surface area is 145 Å². The highest BCUT2D eigenvalue weighted by Gasteiger charge is 2.42. The molecule has 4 nitrogen and oxygen atoms in total. The highest BCUT2D eigenvalue weighted by molar-refractivity contribution is 8.26. The van der Waals surface area contributed by atoms with Gasteiger partial charge in [0.05, 0.1) is 16.2 Å². The van der Waals surface area contributed by atoms with E-state index >= 15 is 0 Å². The minimum Gasteiger partial charge on any atom is -0.308 e. The molecule has 1 fully saturated rings. The standard InChI is InChI=1S/C17H18N2O2S2/c1-4-9-18-12-8-6-5-7-11(12)13(15(18)20)14-16(21)19(10(2)3)17(22)23-14/h5-8,10H,4,9H2,1-3H3. The molecule has 120 valence electrons. The second-order valence-corrected chi connectivity index (χ2v) is 7.46. The maximum absolute atomic E-state index is 12.9. The molecule has 0 aliphatic carbocycles. The highest BCUT2D eigenvalue weighted by atomic mass is 32.2. The van der Waals surface area contributed by atoms with Crippen LogP contribution in [-0.4, -0.2) is 33.6 Å². The fraction of sp³-hybridized carbons (Fsp3) is 0.353. The van der Waals surface area contributed by atoms with Crippen LogP contribution in [0.15, 0.2) is 29.2 Å². The summed E-state index contributed by atoms with van der Waals surface area (Å²) < 4.78 is 0.520. The van der Waals surface area contributed by atoms with Gasteiger partial charge in [0, 0.05) is 18.2 Å². The Morgan fingerprint density at radius 2 is 1.87 bits per heavy atom. The van der Waals surface area contributed by atoms with Crippen LogP contribution in [0.4, 0.5) is 5.69 Å². The van der Waals surface area contributed by atoms with Crippen molar-refractivity contribution in [2.45, 2.75) is 33.2 Å². The monoisotopic (exact) mass is 346 g/mol. The van der Waals surface area contributed by atoms with Crippen molar-refractivity contribution in [3.05, 3.63) is 34.7 Å². The molecule has 0 N–H and O–H groups in total. The van der Waals surface area contributed by atoms with Gasteiger partial charge in [-0.1, -0.05) is 49.1 Å². The fourth-order valence-electron chi connectivity index (χ4n) is 2.92. The van der Waals surface area contributed by atoms with E-state index in [2.05, 4.69) is 0 Å². The van der Waals surface area contributed by atoms with Gasteiger partial charge in [-0.05, 0) is 26.3 Å². The quantitative estimate of drug-likeness (QED) is 0.621. The van der Waals surface area contributed by atoms with Gasteiger partial charge in [0.2, 0.25) is 0 Å². The number of rotatable bonds is 3. The van der Waals surface area contributed by atoms with Crippen molar-refractivity contribution in [1.29, 1.82) is 0 Å². The van der Waals surface area contributed by atoms with E-state index in [9.17, 15) is 9.59 Å². The van der Waals surface area contributed by atoms with Crippen molar-refractivity contribution >= 4 is 51.4 Å². The number of para-hydroxylation sites is 1. The number of thioether (sulfide) groups is 1. The van der Waals surface area contributed by atoms with Crippen LogP contribution < -0.4 is 4.90 Å². The van der Waals surface area contributed by atoms with Crippen LogP contribution in [0.2, 0.25) is 0 Å². The highest BCUT2D eigenvalue weighted by Crippen LogP contribution is 2.44. The molecule has 1 saturated heterocycles. The molecule has 2 aliphatic rings. The summed E-state index contributed by atoms with van der Waals surface area (Å²) in [6, 6.07) is 7.63. The minimum absolute atomic E-state index is 0.0147. The molecule has 1 aromatic rings. The average molecular weight is 346 g/mol. The molecule has 0 bridgehead atoms. The zero-order chi connectivity index (χ0) is 16.7. The van der Waals surface area contributed by atoms with E-state index in [1.807, 2.05) is 45.0 Å². The second kappa shape index (κ2) is 6.09. The summed E-state index contributed by atoms with van der Waals surface area (Å²) in [7, 11) is 0. The van der Waals surface area contributed by atoms with Crippen molar-refractivity contribution < 1.29 is 9.59 Å². The van der Waals surface area contributed by atoms with Crippen molar-refractivity contribution in [3.8, 4) is 0 Å². The lowest BCUT2D eigenvalue weighted by molar-refractivity contribution is -0.123. The maximum Gasteiger partial charge on any atom is 0.267 e. The first-order valence-electron chi connectivity index (χ1n) is 7.68. The lowest BCUT2D eigenvalue weighted by Crippen LogP contribution is -2.35. The third kappa shape index (κ3) is 2.50. The molecular weight excluding hydrogens is 328 g/mol. The Morgan fingerprint density at radius 1 is 1.17 bits per heavy atom. The Hall–Kier alpha value is -1.66. The lowest BCUT2D eigenvalue weighted by atomic mass is 10.1. The van der Waals surface area contributed by atoms with E-state index in [0.29, 0.717) is 21.3 Å². The van der Waals surface area contributed by atoms with Crippen molar-refractivity contribution in [1.82, 2.24) is 4.90 Å². The molecule has 6 heteroatoms. The summed E-state index contributed by atoms with van der Waals surface area (Å²) in [6.45, 7) is 6.52. The average Bonchev–Trinajstić information content (AvgIpc) is 2.94. The first-order chi connectivity index (χ1) is 11.0. The molecule has 2 aliphatic heterocycles. The topological polar surface area (TPSA) is 40.6 Å². The van der Waals surface area contributed by atoms with E-state index in [1.54, 1.807) is 9.80 Å². The maximum atomic E-state index is 12.9. The minimum atomic E-state index is -0.161. The summed E-state index contributed by atoms with van der Waals surface area (Å²) >= 11 is 6.57. The van der Waals surface area contributed by atoms with Gasteiger partial charge in [-0.15, -0.1) is 0 Å². The molecular formula is C17H18N2O2S2. The van der Waals surface area contributed by atoms with Crippen LogP contribution in [0.5, 0.6) is 0 Å². The van der Waals surface area contributed by atoms with Gasteiger partial charge in [0.15, 0.2) is 0 Å². The van der Waals surface area contributed by atoms with Crippen LogP contribution in [0, 0.1) is 0 Å². The fourth-order valence-corrected chi connectivity index (χ4v) is 4.52. The first-order valence-corrected chi connectivity index (χ1v) is 8.90. The summed E-state index contributed by atoms with van der Waals surface area (Å²) in [4.78, 5) is 29.5. The number of anilines is 1. The van der Waals surface area contributed by atoms with Crippen molar-refractivity contribution in [2.24, 2.45) is 0 Å². The summed E-state index contributed by atoms with van der Waals surface area (Å²) in [5.41, 5.74) is 2.20. The third-order valence-electron chi connectivity index (χ3n) is 3.91. The van der Waals surface area contributed by atoms with Crippen LogP contribution in [0.1, 0.15) is 32.8 Å². The van der Waals surface area contributed by atoms with E-state index in [-0.39, 0.29) is 17.9 Å². The Bertz CT molecular complexity index is 740. The molecule has 23 heavy (non-hydrogen) atoms. The van der Waals surface area contributed by atoms with Gasteiger partial charge in [-0.25, -0.2) is 0 Å². The SMILES string of the molecule is CCCN1C(=O)C(=C2SC(=S)N(C(C)C)C2=O)c2ccccc21. The number of benzene rings is 1. The molecule has 1 aromatic carbocycles. The number of nitrogens with zero attached hydrogens (tertiary/aromatic N) is 2. The number of hydrogen-bond donors (Lipinski definition) is 0. The van der Waals surface area contributed by atoms with Gasteiger partial charge < -0.3 is 4.90 Å². The zero-order valence-corrected chi connectivity index (χ0v) is 15.0. The molecule has 0 radical (unpaired) electrons. The number of thiocarbonyl (C=S) groups is 1. The number of amides is 2. The number of carbonyl (C=O) groups is 2. The Balaban J connectivity index is 2.15. The summed E-state index contributed by atoms with van der Waals surface area (Å²) in [5.74, 6) is -0.260. The Kier molecular flexibility index (Phi) is 4.29. The van der Waals surface area contributed by atoms with E-state index in [4.69, 9.17) is 12.2 Å². The number of hydrogen-bond acceptors (Lipinski definition) is 4. The van der Waals surface area contributed by atoms with Crippen molar-refractivity contribution in [3.63, 3.8) is 0 Å². The number of fused-ring (bicyclic) bond motifs is 1. The summed E-state index contributed by atoms with van der Waals surface area (Å²) in [6.07, 6.45) is 0.861. The largest absolute Gasteiger partial charge is 0.308 e. The molecule has 3 rings (SSSR count). The van der Waals surface area contributed by atoms with Gasteiger partial charge in [-0.3, -0.25) is 14.5 Å². The predicted molar refractivity (Wildman–Crippen MR) is 98.2 cm³/mol. The van der Waals surface area contributed by atoms with Crippen LogP contribution in [0.25, 0.3) is 5.57 Å². The molecule has 0 spiro atoms. The molecule has 0 saturated carbocycles. The summed E-state index contributed by atoms with van der Waals surface area (Å²) in [5, 5.41) is 0. The predicted octanol–water partition coefficient (Wildman–Crippen LogP) is 3.42. The molecule has 2 amide bonds. The van der Waals surface area contributed by atoms with Crippen LogP contribution in [0.3, 0.4) is 0 Å². The Morgan fingerprint density at radius 3 is 2.48 bits per heavy atom. The van der Waals surface area contributed by atoms with Crippen LogP contribution >= 0.6 is 24.0 Å². The third-order valence-corrected chi connectivity index (χ3v) is 5.31. The van der Waals surface area contributed by atoms with Gasteiger partial charge in [0.1, 0.15) is 4.32 Å². The van der Waals surface area contributed by atoms with Gasteiger partial charge in [-0.2, -0.15) is 0 Å². The van der Waals surface area contributed by atoms with E-state index in [1.165, 1.54) is 11.8 Å². The molecule has 0 atom stereocenters. The molecule has 0 unspecified atom stereocenters. The second-order valence-electron chi connectivity index (χ2n) is 5.81. The normalized spacial score (nSPS) is 21.0. The van der Waals surface area contributed by atoms with E-state index < -0.39 is 0 Å².